The summed E-state index contributed by atoms with van der Waals surface area (Å²) in [5.41, 5.74) is 0. The second kappa shape index (κ2) is 7.49. The van der Waals surface area contributed by atoms with Gasteiger partial charge in [-0.15, -0.1) is 11.3 Å². The molecule has 2 atom stereocenters. The summed E-state index contributed by atoms with van der Waals surface area (Å²) in [6.07, 6.45) is 0.352. The maximum Gasteiger partial charge on any atom is 0.239 e. The first-order valence-corrected chi connectivity index (χ1v) is 7.28. The molecule has 19 heavy (non-hydrogen) atoms. The molecule has 1 N–H and O–H groups in total. The van der Waals surface area contributed by atoms with E-state index in [-0.39, 0.29) is 18.0 Å². The van der Waals surface area contributed by atoms with Crippen molar-refractivity contribution in [3.05, 3.63) is 21.3 Å². The summed E-state index contributed by atoms with van der Waals surface area (Å²) in [4.78, 5) is 14.7. The number of rotatable bonds is 6. The van der Waals surface area contributed by atoms with Gasteiger partial charge in [-0.2, -0.15) is 5.26 Å². The molecule has 0 fully saturated rings. The first kappa shape index (κ1) is 16.0. The van der Waals surface area contributed by atoms with E-state index in [0.29, 0.717) is 13.0 Å². The van der Waals surface area contributed by atoms with Crippen molar-refractivity contribution in [1.82, 2.24) is 10.2 Å². The minimum Gasteiger partial charge on any atom is -0.343 e. The average Bonchev–Trinajstić information content (AvgIpc) is 2.81. The van der Waals surface area contributed by atoms with Gasteiger partial charge in [0.1, 0.15) is 0 Å². The highest BCUT2D eigenvalue weighted by Crippen LogP contribution is 2.26. The van der Waals surface area contributed by atoms with Crippen LogP contribution in [-0.2, 0) is 4.79 Å². The molecule has 0 saturated carbocycles. The normalized spacial score (nSPS) is 13.6. The van der Waals surface area contributed by atoms with E-state index in [1.54, 1.807) is 11.9 Å². The van der Waals surface area contributed by atoms with Gasteiger partial charge < -0.3 is 4.90 Å². The molecule has 0 aliphatic rings. The Morgan fingerprint density at radius 3 is 2.79 bits per heavy atom. The van der Waals surface area contributed by atoms with Crippen LogP contribution in [0.1, 0.15) is 31.2 Å². The number of hydrogen-bond acceptors (Lipinski definition) is 4. The molecule has 0 unspecified atom stereocenters. The highest BCUT2D eigenvalue weighted by Gasteiger charge is 2.20. The van der Waals surface area contributed by atoms with E-state index in [9.17, 15) is 4.79 Å². The molecule has 0 aliphatic carbocycles. The summed E-state index contributed by atoms with van der Waals surface area (Å²) in [5.74, 6) is -0.00949. The van der Waals surface area contributed by atoms with E-state index in [4.69, 9.17) is 16.9 Å². The van der Waals surface area contributed by atoms with Crippen LogP contribution in [0.25, 0.3) is 0 Å². The zero-order valence-electron chi connectivity index (χ0n) is 11.3. The SMILES string of the molecule is C[C@@H](N[C@H](C)c1ccc(Cl)s1)C(=O)N(C)CCC#N. The lowest BCUT2D eigenvalue weighted by atomic mass is 10.2. The summed E-state index contributed by atoms with van der Waals surface area (Å²) in [6.45, 7) is 4.29. The van der Waals surface area contributed by atoms with Gasteiger partial charge in [0.25, 0.3) is 0 Å². The molecule has 104 valence electrons. The zero-order valence-corrected chi connectivity index (χ0v) is 12.9. The zero-order chi connectivity index (χ0) is 14.4. The lowest BCUT2D eigenvalue weighted by Crippen LogP contribution is -2.44. The predicted octanol–water partition coefficient (Wildman–Crippen LogP) is 2.81. The third kappa shape index (κ3) is 4.83. The molecule has 0 bridgehead atoms. The van der Waals surface area contributed by atoms with E-state index < -0.39 is 0 Å². The number of hydrogen-bond donors (Lipinski definition) is 1. The van der Waals surface area contributed by atoms with E-state index in [1.807, 2.05) is 32.0 Å². The van der Waals surface area contributed by atoms with Gasteiger partial charge in [0, 0.05) is 24.5 Å². The molecule has 0 saturated heterocycles. The third-order valence-corrected chi connectivity index (χ3v) is 4.24. The summed E-state index contributed by atoms with van der Waals surface area (Å²) < 4.78 is 0.744. The van der Waals surface area contributed by atoms with Crippen LogP contribution in [0.4, 0.5) is 0 Å². The van der Waals surface area contributed by atoms with Crippen LogP contribution < -0.4 is 5.32 Å². The van der Waals surface area contributed by atoms with Crippen LogP contribution in [0, 0.1) is 11.3 Å². The largest absolute Gasteiger partial charge is 0.343 e. The topological polar surface area (TPSA) is 56.1 Å². The Kier molecular flexibility index (Phi) is 6.29. The van der Waals surface area contributed by atoms with Crippen molar-refractivity contribution in [3.8, 4) is 6.07 Å². The summed E-state index contributed by atoms with van der Waals surface area (Å²) in [5, 5.41) is 11.8. The van der Waals surface area contributed by atoms with E-state index in [2.05, 4.69) is 5.32 Å². The quantitative estimate of drug-likeness (QED) is 0.879. The van der Waals surface area contributed by atoms with Crippen molar-refractivity contribution < 1.29 is 4.79 Å². The van der Waals surface area contributed by atoms with Crippen LogP contribution in [0.5, 0.6) is 0 Å². The minimum absolute atomic E-state index is 0.00949. The number of nitriles is 1. The Bertz CT molecular complexity index is 469. The Balaban J connectivity index is 2.52. The van der Waals surface area contributed by atoms with Crippen molar-refractivity contribution in [2.45, 2.75) is 32.4 Å². The van der Waals surface area contributed by atoms with E-state index in [0.717, 1.165) is 9.21 Å². The lowest BCUT2D eigenvalue weighted by Gasteiger charge is -2.23. The molecule has 0 aliphatic heterocycles. The number of carbonyl (C=O) groups excluding carboxylic acids is 1. The van der Waals surface area contributed by atoms with Gasteiger partial charge in [-0.25, -0.2) is 0 Å². The number of amides is 1. The maximum absolute atomic E-state index is 12.1. The van der Waals surface area contributed by atoms with Gasteiger partial charge in [-0.05, 0) is 26.0 Å². The van der Waals surface area contributed by atoms with E-state index >= 15 is 0 Å². The molecule has 1 aromatic rings. The van der Waals surface area contributed by atoms with Gasteiger partial charge in [-0.3, -0.25) is 10.1 Å². The Morgan fingerprint density at radius 1 is 1.58 bits per heavy atom. The number of halogens is 1. The molecule has 0 spiro atoms. The average molecular weight is 300 g/mol. The number of likely N-dealkylation sites (N-methyl/N-ethyl adjacent to an activating group) is 1. The van der Waals surface area contributed by atoms with Crippen molar-refractivity contribution in [2.75, 3.05) is 13.6 Å². The molecule has 1 aromatic heterocycles. The van der Waals surface area contributed by atoms with Crippen LogP contribution in [0.3, 0.4) is 0 Å². The third-order valence-electron chi connectivity index (χ3n) is 2.83. The molecule has 6 heteroatoms. The van der Waals surface area contributed by atoms with E-state index in [1.165, 1.54) is 11.3 Å². The molecule has 1 amide bonds. The van der Waals surface area contributed by atoms with Gasteiger partial charge in [-0.1, -0.05) is 11.6 Å². The van der Waals surface area contributed by atoms with Crippen molar-refractivity contribution in [2.24, 2.45) is 0 Å². The van der Waals surface area contributed by atoms with Crippen LogP contribution in [0.2, 0.25) is 4.34 Å². The summed E-state index contributed by atoms with van der Waals surface area (Å²) in [7, 11) is 1.71. The fourth-order valence-corrected chi connectivity index (χ4v) is 2.82. The number of nitrogens with zero attached hydrogens (tertiary/aromatic N) is 2. The smallest absolute Gasteiger partial charge is 0.239 e. The number of nitrogens with one attached hydrogen (secondary N) is 1. The molecule has 1 rings (SSSR count). The standard InChI is InChI=1S/C13H18ClN3OS/c1-9(11-5-6-12(14)19-11)16-10(2)13(18)17(3)8-4-7-15/h5-6,9-10,16H,4,8H2,1-3H3/t9-,10-/m1/s1. The summed E-state index contributed by atoms with van der Waals surface area (Å²) >= 11 is 7.40. The highest BCUT2D eigenvalue weighted by molar-refractivity contribution is 7.16. The van der Waals surface area contributed by atoms with Gasteiger partial charge in [0.2, 0.25) is 5.91 Å². The van der Waals surface area contributed by atoms with Crippen LogP contribution >= 0.6 is 22.9 Å². The van der Waals surface area contributed by atoms with Crippen molar-refractivity contribution in [3.63, 3.8) is 0 Å². The number of carbonyl (C=O) groups is 1. The Labute approximate surface area is 123 Å². The van der Waals surface area contributed by atoms with Crippen molar-refractivity contribution >= 4 is 28.8 Å². The fourth-order valence-electron chi connectivity index (χ4n) is 1.75. The first-order valence-electron chi connectivity index (χ1n) is 6.09. The molecule has 0 radical (unpaired) electrons. The lowest BCUT2D eigenvalue weighted by molar-refractivity contribution is -0.131. The minimum atomic E-state index is -0.292. The second-order valence-electron chi connectivity index (χ2n) is 4.42. The van der Waals surface area contributed by atoms with Crippen LogP contribution in [0.15, 0.2) is 12.1 Å². The highest BCUT2D eigenvalue weighted by atomic mass is 35.5. The van der Waals surface area contributed by atoms with Crippen molar-refractivity contribution in [1.29, 1.82) is 5.26 Å². The van der Waals surface area contributed by atoms with Gasteiger partial charge in [0.15, 0.2) is 0 Å². The molecular weight excluding hydrogens is 282 g/mol. The predicted molar refractivity (Wildman–Crippen MR) is 78.2 cm³/mol. The second-order valence-corrected chi connectivity index (χ2v) is 6.17. The molecule has 1 heterocycles. The molecule has 0 aromatic carbocycles. The summed E-state index contributed by atoms with van der Waals surface area (Å²) in [6, 6.07) is 5.62. The monoisotopic (exact) mass is 299 g/mol. The fraction of sp³-hybridized carbons (Fsp3) is 0.538. The number of thiophene rings is 1. The maximum atomic E-state index is 12.1. The van der Waals surface area contributed by atoms with Gasteiger partial charge in [0.05, 0.1) is 22.9 Å². The molecule has 4 nitrogen and oxygen atoms in total. The first-order chi connectivity index (χ1) is 8.95. The van der Waals surface area contributed by atoms with Gasteiger partial charge >= 0.3 is 0 Å². The Morgan fingerprint density at radius 2 is 2.26 bits per heavy atom. The van der Waals surface area contributed by atoms with Crippen LogP contribution in [-0.4, -0.2) is 30.4 Å². The molecular formula is C13H18ClN3OS. The Hall–Kier alpha value is -1.09.